The molecule has 2 aromatic carbocycles. The summed E-state index contributed by atoms with van der Waals surface area (Å²) in [5.41, 5.74) is 2.25. The molecular formula is C24H30N2O4. The number of benzene rings is 2. The predicted octanol–water partition coefficient (Wildman–Crippen LogP) is 3.99. The SMILES string of the molecule is CCOc1cc(N2CCOCC2)c(OCC)cc1NC(=O)C1(c2ccccc2)CC1. The van der Waals surface area contributed by atoms with Crippen molar-refractivity contribution in [2.24, 2.45) is 0 Å². The minimum absolute atomic E-state index is 0.0104. The number of anilines is 2. The van der Waals surface area contributed by atoms with Crippen molar-refractivity contribution in [3.05, 3.63) is 48.0 Å². The first kappa shape index (κ1) is 20.5. The fraction of sp³-hybridized carbons (Fsp3) is 0.458. The quantitative estimate of drug-likeness (QED) is 0.713. The standard InChI is InChI=1S/C24H30N2O4/c1-3-29-21-17-20(26-12-14-28-15-13-26)22(30-4-2)16-19(21)25-23(27)24(10-11-24)18-8-6-5-7-9-18/h5-9,16-17H,3-4,10-15H2,1-2H3,(H,25,27). The zero-order valence-electron chi connectivity index (χ0n) is 17.8. The molecule has 0 atom stereocenters. The molecule has 0 spiro atoms. The van der Waals surface area contributed by atoms with Crippen LogP contribution >= 0.6 is 0 Å². The molecule has 0 bridgehead atoms. The van der Waals surface area contributed by atoms with E-state index in [0.29, 0.717) is 37.9 Å². The first-order valence-corrected chi connectivity index (χ1v) is 10.8. The number of carbonyl (C=O) groups is 1. The van der Waals surface area contributed by atoms with E-state index in [1.54, 1.807) is 0 Å². The topological polar surface area (TPSA) is 60.0 Å². The van der Waals surface area contributed by atoms with E-state index in [0.717, 1.165) is 42.9 Å². The summed E-state index contributed by atoms with van der Waals surface area (Å²) >= 11 is 0. The largest absolute Gasteiger partial charge is 0.492 e. The Hall–Kier alpha value is -2.73. The normalized spacial score (nSPS) is 17.3. The molecular weight excluding hydrogens is 380 g/mol. The lowest BCUT2D eigenvalue weighted by Gasteiger charge is -2.31. The molecule has 160 valence electrons. The molecule has 0 aromatic heterocycles. The van der Waals surface area contributed by atoms with Gasteiger partial charge >= 0.3 is 0 Å². The maximum Gasteiger partial charge on any atom is 0.235 e. The number of nitrogens with zero attached hydrogens (tertiary/aromatic N) is 1. The predicted molar refractivity (Wildman–Crippen MR) is 118 cm³/mol. The van der Waals surface area contributed by atoms with Gasteiger partial charge in [0.15, 0.2) is 0 Å². The van der Waals surface area contributed by atoms with Crippen LogP contribution in [0.4, 0.5) is 11.4 Å². The number of amides is 1. The van der Waals surface area contributed by atoms with Gasteiger partial charge in [0, 0.05) is 25.2 Å². The molecule has 6 nitrogen and oxygen atoms in total. The summed E-state index contributed by atoms with van der Waals surface area (Å²) in [6, 6.07) is 13.9. The Balaban J connectivity index is 1.64. The molecule has 2 aromatic rings. The van der Waals surface area contributed by atoms with Gasteiger partial charge in [0.1, 0.15) is 11.5 Å². The highest BCUT2D eigenvalue weighted by atomic mass is 16.5. The maximum absolute atomic E-state index is 13.3. The van der Waals surface area contributed by atoms with Gasteiger partial charge in [-0.3, -0.25) is 4.79 Å². The van der Waals surface area contributed by atoms with Crippen LogP contribution in [0, 0.1) is 0 Å². The van der Waals surface area contributed by atoms with E-state index in [-0.39, 0.29) is 5.91 Å². The van der Waals surface area contributed by atoms with Crippen LogP contribution in [0.1, 0.15) is 32.3 Å². The van der Waals surface area contributed by atoms with Gasteiger partial charge in [-0.15, -0.1) is 0 Å². The minimum atomic E-state index is -0.445. The fourth-order valence-corrected chi connectivity index (χ4v) is 4.02. The van der Waals surface area contributed by atoms with E-state index in [1.165, 1.54) is 0 Å². The Kier molecular flexibility index (Phi) is 6.13. The molecule has 1 saturated heterocycles. The third-order valence-electron chi connectivity index (χ3n) is 5.77. The van der Waals surface area contributed by atoms with Crippen molar-refractivity contribution in [1.82, 2.24) is 0 Å². The molecule has 6 heteroatoms. The van der Waals surface area contributed by atoms with Crippen molar-refractivity contribution < 1.29 is 19.0 Å². The van der Waals surface area contributed by atoms with Crippen molar-refractivity contribution in [2.45, 2.75) is 32.1 Å². The average molecular weight is 411 g/mol. The Morgan fingerprint density at radius 1 is 1.03 bits per heavy atom. The number of hydrogen-bond acceptors (Lipinski definition) is 5. The van der Waals surface area contributed by atoms with Gasteiger partial charge in [-0.2, -0.15) is 0 Å². The number of nitrogens with one attached hydrogen (secondary N) is 1. The third kappa shape index (κ3) is 4.10. The van der Waals surface area contributed by atoms with Gasteiger partial charge in [0.25, 0.3) is 0 Å². The Morgan fingerprint density at radius 2 is 1.70 bits per heavy atom. The molecule has 1 saturated carbocycles. The highest BCUT2D eigenvalue weighted by Crippen LogP contribution is 2.49. The van der Waals surface area contributed by atoms with Crippen molar-refractivity contribution in [2.75, 3.05) is 49.7 Å². The smallest absolute Gasteiger partial charge is 0.235 e. The number of hydrogen-bond donors (Lipinski definition) is 1. The fourth-order valence-electron chi connectivity index (χ4n) is 4.02. The number of morpholine rings is 1. The molecule has 1 N–H and O–H groups in total. The van der Waals surface area contributed by atoms with E-state index < -0.39 is 5.41 Å². The zero-order valence-corrected chi connectivity index (χ0v) is 17.8. The lowest BCUT2D eigenvalue weighted by Crippen LogP contribution is -2.36. The molecule has 30 heavy (non-hydrogen) atoms. The van der Waals surface area contributed by atoms with Gasteiger partial charge in [0.05, 0.1) is 43.2 Å². The van der Waals surface area contributed by atoms with E-state index in [1.807, 2.05) is 56.3 Å². The van der Waals surface area contributed by atoms with Crippen molar-refractivity contribution in [3.63, 3.8) is 0 Å². The van der Waals surface area contributed by atoms with E-state index >= 15 is 0 Å². The van der Waals surface area contributed by atoms with Crippen LogP contribution in [0.3, 0.4) is 0 Å². The second-order valence-electron chi connectivity index (χ2n) is 7.68. The van der Waals surface area contributed by atoms with Gasteiger partial charge in [-0.25, -0.2) is 0 Å². The summed E-state index contributed by atoms with van der Waals surface area (Å²) in [6.07, 6.45) is 1.72. The summed E-state index contributed by atoms with van der Waals surface area (Å²) in [5.74, 6) is 1.43. The Bertz CT molecular complexity index is 874. The lowest BCUT2D eigenvalue weighted by atomic mass is 9.95. The first-order chi connectivity index (χ1) is 14.7. The molecule has 1 aliphatic carbocycles. The molecule has 4 rings (SSSR count). The number of carbonyl (C=O) groups excluding carboxylic acids is 1. The summed E-state index contributed by atoms with van der Waals surface area (Å²) in [5, 5.41) is 3.14. The van der Waals surface area contributed by atoms with Gasteiger partial charge in [-0.05, 0) is 32.3 Å². The van der Waals surface area contributed by atoms with Gasteiger partial charge in [-0.1, -0.05) is 30.3 Å². The second-order valence-corrected chi connectivity index (χ2v) is 7.68. The van der Waals surface area contributed by atoms with Crippen molar-refractivity contribution in [3.8, 4) is 11.5 Å². The molecule has 0 unspecified atom stereocenters. The van der Waals surface area contributed by atoms with Crippen LogP contribution < -0.4 is 19.7 Å². The van der Waals surface area contributed by atoms with Gasteiger partial charge < -0.3 is 24.4 Å². The van der Waals surface area contributed by atoms with Crippen molar-refractivity contribution >= 4 is 17.3 Å². The van der Waals surface area contributed by atoms with E-state index in [4.69, 9.17) is 14.2 Å². The van der Waals surface area contributed by atoms with Gasteiger partial charge in [0.2, 0.25) is 5.91 Å². The van der Waals surface area contributed by atoms with Crippen LogP contribution in [0.25, 0.3) is 0 Å². The number of rotatable bonds is 8. The summed E-state index contributed by atoms with van der Waals surface area (Å²) in [7, 11) is 0. The van der Waals surface area contributed by atoms with Crippen LogP contribution in [0.15, 0.2) is 42.5 Å². The average Bonchev–Trinajstić information content (AvgIpc) is 3.59. The van der Waals surface area contributed by atoms with Crippen LogP contribution in [0.5, 0.6) is 11.5 Å². The van der Waals surface area contributed by atoms with E-state index in [2.05, 4.69) is 10.2 Å². The third-order valence-corrected chi connectivity index (χ3v) is 5.77. The molecule has 1 amide bonds. The highest BCUT2D eigenvalue weighted by Gasteiger charge is 2.51. The number of ether oxygens (including phenoxy) is 3. The van der Waals surface area contributed by atoms with Crippen molar-refractivity contribution in [1.29, 1.82) is 0 Å². The van der Waals surface area contributed by atoms with Crippen LogP contribution in [0.2, 0.25) is 0 Å². The Morgan fingerprint density at radius 3 is 2.33 bits per heavy atom. The zero-order chi connectivity index (χ0) is 21.0. The maximum atomic E-state index is 13.3. The molecule has 2 fully saturated rings. The molecule has 1 aliphatic heterocycles. The minimum Gasteiger partial charge on any atom is -0.492 e. The van der Waals surface area contributed by atoms with Crippen LogP contribution in [-0.2, 0) is 14.9 Å². The molecule has 2 aliphatic rings. The second kappa shape index (κ2) is 8.96. The summed E-state index contributed by atoms with van der Waals surface area (Å²) < 4.78 is 17.3. The lowest BCUT2D eigenvalue weighted by molar-refractivity contribution is -0.118. The first-order valence-electron chi connectivity index (χ1n) is 10.8. The summed E-state index contributed by atoms with van der Waals surface area (Å²) in [6.45, 7) is 7.95. The summed E-state index contributed by atoms with van der Waals surface area (Å²) in [4.78, 5) is 15.5. The Labute approximate surface area is 178 Å². The highest BCUT2D eigenvalue weighted by molar-refractivity contribution is 6.02. The molecule has 1 heterocycles. The van der Waals surface area contributed by atoms with E-state index in [9.17, 15) is 4.79 Å². The molecule has 0 radical (unpaired) electrons. The monoisotopic (exact) mass is 410 g/mol. The van der Waals surface area contributed by atoms with Crippen LogP contribution in [-0.4, -0.2) is 45.4 Å².